The summed E-state index contributed by atoms with van der Waals surface area (Å²) in [7, 11) is 0. The highest BCUT2D eigenvalue weighted by Crippen LogP contribution is 2.30. The average Bonchev–Trinajstić information content (AvgIpc) is 2.27. The van der Waals surface area contributed by atoms with Crippen molar-refractivity contribution in [1.82, 2.24) is 4.98 Å². The molecule has 18 heavy (non-hydrogen) atoms. The van der Waals surface area contributed by atoms with Gasteiger partial charge in [0.1, 0.15) is 11.9 Å². The Morgan fingerprint density at radius 1 is 1.28 bits per heavy atom. The van der Waals surface area contributed by atoms with Crippen LogP contribution in [0.15, 0.2) is 12.3 Å². The number of hydrogen-bond acceptors (Lipinski definition) is 3. The number of hydrogen-bond donors (Lipinski definition) is 1. The van der Waals surface area contributed by atoms with Crippen LogP contribution in [0.4, 0.5) is 5.82 Å². The first-order chi connectivity index (χ1) is 8.60. The molecule has 2 atom stereocenters. The van der Waals surface area contributed by atoms with Crippen LogP contribution in [-0.2, 0) is 0 Å². The number of nitrogens with zero attached hydrogens (tertiary/aromatic N) is 2. The highest BCUT2D eigenvalue weighted by molar-refractivity contribution is 5.55. The maximum absolute atomic E-state index is 9.20. The molecule has 0 amide bonds. The number of rotatable bonds is 2. The van der Waals surface area contributed by atoms with Crippen molar-refractivity contribution in [2.45, 2.75) is 46.1 Å². The van der Waals surface area contributed by atoms with Crippen LogP contribution in [-0.4, -0.2) is 11.0 Å². The Morgan fingerprint density at radius 2 is 1.94 bits per heavy atom. The fourth-order valence-electron chi connectivity index (χ4n) is 3.07. The molecule has 2 rings (SSSR count). The van der Waals surface area contributed by atoms with E-state index >= 15 is 0 Å². The SMILES string of the molecule is Cc1ccnc(NC2CC(C)CC(C)C2)c1C#N. The molecular weight excluding hydrogens is 222 g/mol. The summed E-state index contributed by atoms with van der Waals surface area (Å²) in [5.74, 6) is 2.26. The third-order valence-corrected chi connectivity index (χ3v) is 3.79. The Morgan fingerprint density at radius 3 is 2.56 bits per heavy atom. The van der Waals surface area contributed by atoms with Crippen LogP contribution in [0.2, 0.25) is 0 Å². The molecule has 3 heteroatoms. The first-order valence-electron chi connectivity index (χ1n) is 6.72. The minimum Gasteiger partial charge on any atom is -0.366 e. The van der Waals surface area contributed by atoms with Crippen LogP contribution in [0.25, 0.3) is 0 Å². The maximum Gasteiger partial charge on any atom is 0.144 e. The molecule has 1 aromatic rings. The minimum absolute atomic E-state index is 0.449. The lowest BCUT2D eigenvalue weighted by atomic mass is 9.80. The molecule has 3 nitrogen and oxygen atoms in total. The van der Waals surface area contributed by atoms with Gasteiger partial charge in [-0.05, 0) is 49.7 Å². The molecule has 1 aromatic heterocycles. The van der Waals surface area contributed by atoms with E-state index in [4.69, 9.17) is 0 Å². The smallest absolute Gasteiger partial charge is 0.144 e. The van der Waals surface area contributed by atoms with E-state index in [1.807, 2.05) is 13.0 Å². The zero-order chi connectivity index (χ0) is 13.1. The van der Waals surface area contributed by atoms with E-state index in [0.717, 1.165) is 23.2 Å². The molecule has 1 N–H and O–H groups in total. The minimum atomic E-state index is 0.449. The van der Waals surface area contributed by atoms with Crippen molar-refractivity contribution < 1.29 is 0 Å². The van der Waals surface area contributed by atoms with Gasteiger partial charge in [0, 0.05) is 12.2 Å². The first kappa shape index (κ1) is 12.9. The highest BCUT2D eigenvalue weighted by Gasteiger charge is 2.24. The molecular formula is C15H21N3. The summed E-state index contributed by atoms with van der Waals surface area (Å²) in [6.07, 6.45) is 5.42. The van der Waals surface area contributed by atoms with E-state index in [1.165, 1.54) is 19.3 Å². The van der Waals surface area contributed by atoms with E-state index in [0.29, 0.717) is 11.6 Å². The Hall–Kier alpha value is -1.56. The molecule has 0 radical (unpaired) electrons. The van der Waals surface area contributed by atoms with Crippen molar-refractivity contribution in [2.24, 2.45) is 11.8 Å². The molecule has 0 bridgehead atoms. The van der Waals surface area contributed by atoms with Gasteiger partial charge in [-0.15, -0.1) is 0 Å². The molecule has 0 spiro atoms. The van der Waals surface area contributed by atoms with Gasteiger partial charge in [-0.25, -0.2) is 4.98 Å². The van der Waals surface area contributed by atoms with Gasteiger partial charge >= 0.3 is 0 Å². The topological polar surface area (TPSA) is 48.7 Å². The van der Waals surface area contributed by atoms with E-state index in [1.54, 1.807) is 6.20 Å². The second kappa shape index (κ2) is 5.39. The monoisotopic (exact) mass is 243 g/mol. The van der Waals surface area contributed by atoms with E-state index in [-0.39, 0.29) is 0 Å². The summed E-state index contributed by atoms with van der Waals surface area (Å²) in [5.41, 5.74) is 1.68. The molecule has 0 aromatic carbocycles. The maximum atomic E-state index is 9.20. The van der Waals surface area contributed by atoms with Gasteiger partial charge in [-0.2, -0.15) is 5.26 Å². The van der Waals surface area contributed by atoms with Gasteiger partial charge in [-0.1, -0.05) is 13.8 Å². The average molecular weight is 243 g/mol. The quantitative estimate of drug-likeness (QED) is 0.864. The standard InChI is InChI=1S/C15H21N3/c1-10-6-11(2)8-13(7-10)18-15-14(9-16)12(3)4-5-17-15/h4-5,10-11,13H,6-8H2,1-3H3,(H,17,18). The lowest BCUT2D eigenvalue weighted by Crippen LogP contribution is -2.30. The first-order valence-corrected chi connectivity index (χ1v) is 6.72. The largest absolute Gasteiger partial charge is 0.366 e. The van der Waals surface area contributed by atoms with Crippen molar-refractivity contribution >= 4 is 5.82 Å². The molecule has 2 unspecified atom stereocenters. The van der Waals surface area contributed by atoms with Gasteiger partial charge in [-0.3, -0.25) is 0 Å². The van der Waals surface area contributed by atoms with E-state index in [2.05, 4.69) is 30.2 Å². The molecule has 0 aliphatic heterocycles. The number of aromatic nitrogens is 1. The lowest BCUT2D eigenvalue weighted by molar-refractivity contribution is 0.280. The Kier molecular flexibility index (Phi) is 3.86. The second-order valence-corrected chi connectivity index (χ2v) is 5.72. The third-order valence-electron chi connectivity index (χ3n) is 3.79. The van der Waals surface area contributed by atoms with Gasteiger partial charge in [0.25, 0.3) is 0 Å². The summed E-state index contributed by atoms with van der Waals surface area (Å²) in [4.78, 5) is 4.32. The molecule has 0 saturated heterocycles. The van der Waals surface area contributed by atoms with Crippen molar-refractivity contribution in [3.63, 3.8) is 0 Å². The van der Waals surface area contributed by atoms with Crippen LogP contribution >= 0.6 is 0 Å². The third kappa shape index (κ3) is 2.81. The second-order valence-electron chi connectivity index (χ2n) is 5.72. The predicted octanol–water partition coefficient (Wildman–Crippen LogP) is 3.50. The fourth-order valence-corrected chi connectivity index (χ4v) is 3.07. The van der Waals surface area contributed by atoms with Crippen LogP contribution < -0.4 is 5.32 Å². The number of nitriles is 1. The summed E-state index contributed by atoms with van der Waals surface area (Å²) in [6, 6.07) is 4.58. The summed E-state index contributed by atoms with van der Waals surface area (Å²) in [5, 5.41) is 12.7. The molecule has 1 aliphatic rings. The number of aryl methyl sites for hydroxylation is 1. The molecule has 1 saturated carbocycles. The van der Waals surface area contributed by atoms with Gasteiger partial charge < -0.3 is 5.32 Å². The summed E-state index contributed by atoms with van der Waals surface area (Å²) in [6.45, 7) is 6.57. The van der Waals surface area contributed by atoms with Crippen LogP contribution in [0.3, 0.4) is 0 Å². The number of anilines is 1. The molecule has 96 valence electrons. The van der Waals surface area contributed by atoms with Gasteiger partial charge in [0.15, 0.2) is 0 Å². The van der Waals surface area contributed by atoms with Crippen LogP contribution in [0, 0.1) is 30.1 Å². The zero-order valence-electron chi connectivity index (χ0n) is 11.4. The molecule has 1 fully saturated rings. The van der Waals surface area contributed by atoms with Gasteiger partial charge in [0.2, 0.25) is 0 Å². The van der Waals surface area contributed by atoms with Gasteiger partial charge in [0.05, 0.1) is 5.56 Å². The van der Waals surface area contributed by atoms with Crippen LogP contribution in [0.1, 0.15) is 44.2 Å². The Labute approximate surface area is 109 Å². The normalized spacial score (nSPS) is 27.6. The van der Waals surface area contributed by atoms with Crippen molar-refractivity contribution in [2.75, 3.05) is 5.32 Å². The molecule has 1 aliphatic carbocycles. The fraction of sp³-hybridized carbons (Fsp3) is 0.600. The Bertz CT molecular complexity index is 451. The predicted molar refractivity (Wildman–Crippen MR) is 73.3 cm³/mol. The molecule has 1 heterocycles. The van der Waals surface area contributed by atoms with E-state index in [9.17, 15) is 5.26 Å². The summed E-state index contributed by atoms with van der Waals surface area (Å²) < 4.78 is 0. The zero-order valence-corrected chi connectivity index (χ0v) is 11.4. The number of pyridine rings is 1. The van der Waals surface area contributed by atoms with Crippen molar-refractivity contribution in [1.29, 1.82) is 5.26 Å². The highest BCUT2D eigenvalue weighted by atomic mass is 15.0. The van der Waals surface area contributed by atoms with Crippen LogP contribution in [0.5, 0.6) is 0 Å². The van der Waals surface area contributed by atoms with Crippen molar-refractivity contribution in [3.05, 3.63) is 23.4 Å². The Balaban J connectivity index is 2.14. The summed E-state index contributed by atoms with van der Waals surface area (Å²) >= 11 is 0. The van der Waals surface area contributed by atoms with Crippen molar-refractivity contribution in [3.8, 4) is 6.07 Å². The number of nitrogens with one attached hydrogen (secondary N) is 1. The lowest BCUT2D eigenvalue weighted by Gasteiger charge is -2.32. The van der Waals surface area contributed by atoms with E-state index < -0.39 is 0 Å².